The SMILES string of the molecule is Cc1ccc(OCCCC(=O)N(C)Cc2cc(C3CCCNC3)nn2C)c(C)c1. The van der Waals surface area contributed by atoms with E-state index < -0.39 is 0 Å². The lowest BCUT2D eigenvalue weighted by molar-refractivity contribution is -0.130. The third kappa shape index (κ3) is 5.82. The van der Waals surface area contributed by atoms with Crippen molar-refractivity contribution in [3.05, 3.63) is 46.8 Å². The molecule has 1 saturated heterocycles. The molecule has 0 bridgehead atoms. The molecule has 3 rings (SSSR count). The highest BCUT2D eigenvalue weighted by molar-refractivity contribution is 5.75. The van der Waals surface area contributed by atoms with Crippen LogP contribution in [0.15, 0.2) is 24.3 Å². The highest BCUT2D eigenvalue weighted by atomic mass is 16.5. The van der Waals surface area contributed by atoms with Crippen LogP contribution in [0.4, 0.5) is 0 Å². The minimum absolute atomic E-state index is 0.135. The van der Waals surface area contributed by atoms with Crippen molar-refractivity contribution in [2.75, 3.05) is 26.7 Å². The lowest BCUT2D eigenvalue weighted by Gasteiger charge is -2.20. The molecule has 1 unspecified atom stereocenters. The lowest BCUT2D eigenvalue weighted by Crippen LogP contribution is -2.28. The van der Waals surface area contributed by atoms with Gasteiger partial charge in [0.05, 0.1) is 24.5 Å². The van der Waals surface area contributed by atoms with Crippen molar-refractivity contribution in [2.45, 2.75) is 52.0 Å². The van der Waals surface area contributed by atoms with E-state index in [2.05, 4.69) is 29.5 Å². The van der Waals surface area contributed by atoms with Gasteiger partial charge in [-0.05, 0) is 57.4 Å². The first kappa shape index (κ1) is 21.4. The Labute approximate surface area is 174 Å². The third-order valence-electron chi connectivity index (χ3n) is 5.66. The second kappa shape index (κ2) is 9.92. The molecule has 1 atom stereocenters. The van der Waals surface area contributed by atoms with Crippen molar-refractivity contribution >= 4 is 5.91 Å². The summed E-state index contributed by atoms with van der Waals surface area (Å²) in [6, 6.07) is 8.32. The monoisotopic (exact) mass is 398 g/mol. The number of hydrogen-bond acceptors (Lipinski definition) is 4. The molecule has 1 fully saturated rings. The summed E-state index contributed by atoms with van der Waals surface area (Å²) in [5.41, 5.74) is 4.57. The van der Waals surface area contributed by atoms with Crippen LogP contribution < -0.4 is 10.1 Å². The minimum Gasteiger partial charge on any atom is -0.493 e. The van der Waals surface area contributed by atoms with E-state index in [1.54, 1.807) is 4.90 Å². The quantitative estimate of drug-likeness (QED) is 0.693. The molecule has 6 nitrogen and oxygen atoms in total. The molecule has 1 aliphatic rings. The van der Waals surface area contributed by atoms with Gasteiger partial charge in [-0.2, -0.15) is 5.10 Å². The van der Waals surface area contributed by atoms with Crippen molar-refractivity contribution < 1.29 is 9.53 Å². The molecule has 158 valence electrons. The van der Waals surface area contributed by atoms with Crippen LogP contribution in [0, 0.1) is 13.8 Å². The molecule has 1 N–H and O–H groups in total. The summed E-state index contributed by atoms with van der Waals surface area (Å²) in [5.74, 6) is 1.51. The van der Waals surface area contributed by atoms with Gasteiger partial charge in [-0.3, -0.25) is 9.48 Å². The molecule has 0 spiro atoms. The number of carbonyl (C=O) groups excluding carboxylic acids is 1. The summed E-state index contributed by atoms with van der Waals surface area (Å²) in [7, 11) is 3.83. The van der Waals surface area contributed by atoms with E-state index in [-0.39, 0.29) is 5.91 Å². The summed E-state index contributed by atoms with van der Waals surface area (Å²) < 4.78 is 7.75. The molecule has 0 saturated carbocycles. The fourth-order valence-electron chi connectivity index (χ4n) is 3.87. The predicted molar refractivity (Wildman–Crippen MR) is 115 cm³/mol. The van der Waals surface area contributed by atoms with Crippen LogP contribution in [0.3, 0.4) is 0 Å². The Morgan fingerprint density at radius 3 is 2.90 bits per heavy atom. The van der Waals surface area contributed by atoms with Gasteiger partial charge < -0.3 is 15.0 Å². The maximum atomic E-state index is 12.5. The number of benzene rings is 1. The van der Waals surface area contributed by atoms with Gasteiger partial charge in [-0.25, -0.2) is 0 Å². The topological polar surface area (TPSA) is 59.4 Å². The number of aryl methyl sites for hydroxylation is 3. The molecule has 2 heterocycles. The van der Waals surface area contributed by atoms with E-state index in [0.29, 0.717) is 31.9 Å². The molecule has 1 aromatic heterocycles. The van der Waals surface area contributed by atoms with Crippen LogP contribution in [0.25, 0.3) is 0 Å². The van der Waals surface area contributed by atoms with Gasteiger partial charge in [0.15, 0.2) is 0 Å². The van der Waals surface area contributed by atoms with Crippen molar-refractivity contribution in [3.63, 3.8) is 0 Å². The molecule has 0 radical (unpaired) electrons. The Morgan fingerprint density at radius 1 is 1.34 bits per heavy atom. The minimum atomic E-state index is 0.135. The second-order valence-corrected chi connectivity index (χ2v) is 8.20. The Balaban J connectivity index is 1.45. The predicted octanol–water partition coefficient (Wildman–Crippen LogP) is 3.32. The molecule has 29 heavy (non-hydrogen) atoms. The number of piperidine rings is 1. The maximum Gasteiger partial charge on any atom is 0.222 e. The largest absolute Gasteiger partial charge is 0.493 e. The molecular formula is C23H34N4O2. The lowest BCUT2D eigenvalue weighted by atomic mass is 9.96. The summed E-state index contributed by atoms with van der Waals surface area (Å²) in [5, 5.41) is 8.13. The van der Waals surface area contributed by atoms with Gasteiger partial charge in [0.25, 0.3) is 0 Å². The van der Waals surface area contributed by atoms with E-state index in [9.17, 15) is 4.79 Å². The number of hydrogen-bond donors (Lipinski definition) is 1. The Kier molecular flexibility index (Phi) is 7.31. The summed E-state index contributed by atoms with van der Waals surface area (Å²) in [4.78, 5) is 14.3. The number of rotatable bonds is 8. The van der Waals surface area contributed by atoms with Crippen molar-refractivity contribution in [1.82, 2.24) is 20.0 Å². The number of nitrogens with zero attached hydrogens (tertiary/aromatic N) is 3. The van der Waals surface area contributed by atoms with E-state index in [1.807, 2.05) is 37.8 Å². The average molecular weight is 399 g/mol. The first-order valence-electron chi connectivity index (χ1n) is 10.6. The van der Waals surface area contributed by atoms with Crippen LogP contribution in [-0.4, -0.2) is 47.3 Å². The van der Waals surface area contributed by atoms with Gasteiger partial charge in [0.2, 0.25) is 5.91 Å². The van der Waals surface area contributed by atoms with E-state index in [1.165, 1.54) is 18.4 Å². The molecular weight excluding hydrogens is 364 g/mol. The highest BCUT2D eigenvalue weighted by Gasteiger charge is 2.20. The fraction of sp³-hybridized carbons (Fsp3) is 0.565. The van der Waals surface area contributed by atoms with Gasteiger partial charge >= 0.3 is 0 Å². The first-order valence-corrected chi connectivity index (χ1v) is 10.6. The van der Waals surface area contributed by atoms with Crippen molar-refractivity contribution in [3.8, 4) is 5.75 Å². The second-order valence-electron chi connectivity index (χ2n) is 8.20. The summed E-state index contributed by atoms with van der Waals surface area (Å²) in [6.45, 7) is 7.34. The maximum absolute atomic E-state index is 12.5. The highest BCUT2D eigenvalue weighted by Crippen LogP contribution is 2.23. The summed E-state index contributed by atoms with van der Waals surface area (Å²) in [6.07, 6.45) is 3.57. The Morgan fingerprint density at radius 2 is 2.17 bits per heavy atom. The number of nitrogens with one attached hydrogen (secondary N) is 1. The van der Waals surface area contributed by atoms with Crippen LogP contribution in [0.2, 0.25) is 0 Å². The van der Waals surface area contributed by atoms with Gasteiger partial charge in [0, 0.05) is 33.0 Å². The number of ether oxygens (including phenoxy) is 1. The van der Waals surface area contributed by atoms with E-state index >= 15 is 0 Å². The molecule has 2 aromatic rings. The molecule has 1 aliphatic heterocycles. The van der Waals surface area contributed by atoms with Gasteiger partial charge in [-0.15, -0.1) is 0 Å². The smallest absolute Gasteiger partial charge is 0.222 e. The Bertz CT molecular complexity index is 824. The van der Waals surface area contributed by atoms with E-state index in [4.69, 9.17) is 4.74 Å². The summed E-state index contributed by atoms with van der Waals surface area (Å²) >= 11 is 0. The first-order chi connectivity index (χ1) is 13.9. The fourth-order valence-corrected chi connectivity index (χ4v) is 3.87. The van der Waals surface area contributed by atoms with Gasteiger partial charge in [0.1, 0.15) is 5.75 Å². The molecule has 0 aliphatic carbocycles. The zero-order valence-electron chi connectivity index (χ0n) is 18.2. The van der Waals surface area contributed by atoms with Crippen molar-refractivity contribution in [2.24, 2.45) is 7.05 Å². The number of carbonyl (C=O) groups is 1. The molecule has 1 aromatic carbocycles. The number of aromatic nitrogens is 2. The van der Waals surface area contributed by atoms with Crippen LogP contribution in [0.1, 0.15) is 54.1 Å². The molecule has 6 heteroatoms. The zero-order valence-corrected chi connectivity index (χ0v) is 18.2. The van der Waals surface area contributed by atoms with Crippen LogP contribution >= 0.6 is 0 Å². The Hall–Kier alpha value is -2.34. The zero-order chi connectivity index (χ0) is 20.8. The molecule has 1 amide bonds. The standard InChI is InChI=1S/C23H34N4O2/c1-17-9-10-22(18(2)13-17)29-12-6-8-23(28)26(3)16-20-14-21(25-27(20)4)19-7-5-11-24-15-19/h9-10,13-14,19,24H,5-8,11-12,15-16H2,1-4H3. The van der Waals surface area contributed by atoms with Crippen molar-refractivity contribution in [1.29, 1.82) is 0 Å². The van der Waals surface area contributed by atoms with Gasteiger partial charge in [-0.1, -0.05) is 17.7 Å². The van der Waals surface area contributed by atoms with Crippen LogP contribution in [0.5, 0.6) is 5.75 Å². The average Bonchev–Trinajstić information content (AvgIpc) is 3.07. The number of amides is 1. The third-order valence-corrected chi connectivity index (χ3v) is 5.66. The normalized spacial score (nSPS) is 16.6. The van der Waals surface area contributed by atoms with Crippen LogP contribution in [-0.2, 0) is 18.4 Å². The van der Waals surface area contributed by atoms with E-state index in [0.717, 1.165) is 35.8 Å².